The minimum absolute atomic E-state index is 0.0334. The second kappa shape index (κ2) is 8.12. The van der Waals surface area contributed by atoms with E-state index in [1.54, 1.807) is 4.90 Å². The van der Waals surface area contributed by atoms with Crippen molar-refractivity contribution in [1.82, 2.24) is 15.2 Å². The predicted molar refractivity (Wildman–Crippen MR) is 122 cm³/mol. The third-order valence-electron chi connectivity index (χ3n) is 6.72. The van der Waals surface area contributed by atoms with Crippen molar-refractivity contribution in [3.8, 4) is 0 Å². The molecule has 0 radical (unpaired) electrons. The molecule has 2 aromatic carbocycles. The third-order valence-corrected chi connectivity index (χ3v) is 6.72. The molecule has 2 N–H and O–H groups in total. The highest BCUT2D eigenvalue weighted by atomic mass is 19.1. The average molecular weight is 474 g/mol. The summed E-state index contributed by atoms with van der Waals surface area (Å²) < 4.78 is 59.1. The molecule has 2 heterocycles. The van der Waals surface area contributed by atoms with E-state index in [4.69, 9.17) is 0 Å². The Balaban J connectivity index is 1.62. The molecule has 34 heavy (non-hydrogen) atoms. The van der Waals surface area contributed by atoms with Crippen LogP contribution in [0, 0.1) is 11.6 Å². The summed E-state index contributed by atoms with van der Waals surface area (Å²) in [7, 11) is 0. The van der Waals surface area contributed by atoms with Crippen molar-refractivity contribution in [2.45, 2.75) is 63.6 Å². The second-order valence-corrected chi connectivity index (χ2v) is 10.1. The molecule has 5 rings (SSSR count). The Bertz CT molecular complexity index is 1240. The van der Waals surface area contributed by atoms with Crippen molar-refractivity contribution in [2.75, 3.05) is 6.54 Å². The number of H-pyrrole nitrogens is 1. The Morgan fingerprint density at radius 3 is 2.47 bits per heavy atom. The smallest absolute Gasteiger partial charge is 0.251 e. The summed E-state index contributed by atoms with van der Waals surface area (Å²) >= 11 is 0. The zero-order chi connectivity index (χ0) is 24.4. The van der Waals surface area contributed by atoms with Gasteiger partial charge in [0, 0.05) is 46.7 Å². The van der Waals surface area contributed by atoms with Crippen molar-refractivity contribution in [1.29, 1.82) is 0 Å². The van der Waals surface area contributed by atoms with E-state index in [0.717, 1.165) is 28.6 Å². The number of amides is 1. The van der Waals surface area contributed by atoms with E-state index < -0.39 is 41.5 Å². The van der Waals surface area contributed by atoms with Gasteiger partial charge in [0.2, 0.25) is 0 Å². The first-order chi connectivity index (χ1) is 16.0. The van der Waals surface area contributed by atoms with Crippen LogP contribution in [0.2, 0.25) is 0 Å². The van der Waals surface area contributed by atoms with Gasteiger partial charge >= 0.3 is 0 Å². The zero-order valence-electron chi connectivity index (χ0n) is 19.3. The summed E-state index contributed by atoms with van der Waals surface area (Å²) in [5.74, 6) is -2.52. The third kappa shape index (κ3) is 4.08. The number of nitrogens with zero attached hydrogens (tertiary/aromatic N) is 1. The Hall–Kier alpha value is -2.87. The molecule has 0 unspecified atom stereocenters. The summed E-state index contributed by atoms with van der Waals surface area (Å²) in [6, 6.07) is 7.88. The number of fused-ring (bicyclic) bond motifs is 3. The van der Waals surface area contributed by atoms with Crippen LogP contribution in [-0.4, -0.2) is 46.3 Å². The van der Waals surface area contributed by atoms with Gasteiger partial charge in [-0.2, -0.15) is 0 Å². The van der Waals surface area contributed by atoms with Crippen LogP contribution in [0.15, 0.2) is 36.4 Å². The number of benzene rings is 2. The normalized spacial score (nSPS) is 24.8. The van der Waals surface area contributed by atoms with Crippen molar-refractivity contribution in [3.63, 3.8) is 0 Å². The van der Waals surface area contributed by atoms with E-state index in [0.29, 0.717) is 12.1 Å². The fraction of sp³-hybridized carbons (Fsp3) is 0.423. The maximum Gasteiger partial charge on any atom is 0.251 e. The number of carbonyl (C=O) groups excluding carboxylic acids is 1. The molecule has 1 aromatic heterocycles. The Morgan fingerprint density at radius 1 is 1.21 bits per heavy atom. The number of rotatable bonds is 5. The molecule has 1 fully saturated rings. The van der Waals surface area contributed by atoms with E-state index >= 15 is 8.78 Å². The minimum atomic E-state index is -1.60. The summed E-state index contributed by atoms with van der Waals surface area (Å²) in [5, 5.41) is 3.41. The first-order valence-corrected chi connectivity index (χ1v) is 11.5. The first kappa shape index (κ1) is 22.9. The van der Waals surface area contributed by atoms with Gasteiger partial charge < -0.3 is 10.3 Å². The molecular weight excluding hydrogens is 446 g/mol. The quantitative estimate of drug-likeness (QED) is 0.490. The van der Waals surface area contributed by atoms with Crippen LogP contribution >= 0.6 is 0 Å². The molecule has 4 atom stereocenters. The number of alkyl halides is 2. The van der Waals surface area contributed by atoms with Crippen LogP contribution in [-0.2, 0) is 6.42 Å². The number of aromatic nitrogens is 1. The van der Waals surface area contributed by atoms with Crippen LogP contribution in [0.1, 0.15) is 60.4 Å². The summed E-state index contributed by atoms with van der Waals surface area (Å²) in [6.45, 7) is 4.76. The van der Waals surface area contributed by atoms with Gasteiger partial charge in [-0.3, -0.25) is 9.69 Å². The Labute approximate surface area is 195 Å². The molecule has 0 bridgehead atoms. The van der Waals surface area contributed by atoms with Crippen LogP contribution in [0.3, 0.4) is 0 Å². The summed E-state index contributed by atoms with van der Waals surface area (Å²) in [4.78, 5) is 17.5. The lowest BCUT2D eigenvalue weighted by molar-refractivity contribution is 0.0642. The Morgan fingerprint density at radius 2 is 1.85 bits per heavy atom. The van der Waals surface area contributed by atoms with Crippen LogP contribution < -0.4 is 5.32 Å². The highest BCUT2D eigenvalue weighted by molar-refractivity contribution is 5.94. The number of hydrogen-bond donors (Lipinski definition) is 2. The molecule has 1 aliphatic carbocycles. The number of halogens is 4. The number of carbonyl (C=O) groups is 1. The van der Waals surface area contributed by atoms with Crippen molar-refractivity contribution in [3.05, 3.63) is 70.4 Å². The largest absolute Gasteiger partial charge is 0.357 e. The van der Waals surface area contributed by atoms with Crippen LogP contribution in [0.5, 0.6) is 0 Å². The molecular formula is C26H27F4N3O. The molecule has 1 saturated carbocycles. The molecule has 0 spiro atoms. The van der Waals surface area contributed by atoms with Crippen molar-refractivity contribution < 1.29 is 22.4 Å². The molecule has 3 aromatic rings. The highest BCUT2D eigenvalue weighted by Crippen LogP contribution is 2.43. The van der Waals surface area contributed by atoms with E-state index in [-0.39, 0.29) is 30.1 Å². The van der Waals surface area contributed by atoms with Gasteiger partial charge in [0.25, 0.3) is 5.91 Å². The average Bonchev–Trinajstić information content (AvgIpc) is 3.31. The fourth-order valence-electron chi connectivity index (χ4n) is 5.04. The van der Waals surface area contributed by atoms with Gasteiger partial charge in [-0.1, -0.05) is 18.2 Å². The lowest BCUT2D eigenvalue weighted by Crippen LogP contribution is -2.48. The lowest BCUT2D eigenvalue weighted by Gasteiger charge is -2.43. The van der Waals surface area contributed by atoms with Gasteiger partial charge in [0.15, 0.2) is 0 Å². The highest BCUT2D eigenvalue weighted by Gasteiger charge is 2.42. The molecule has 0 saturated heterocycles. The second-order valence-electron chi connectivity index (χ2n) is 10.1. The first-order valence-electron chi connectivity index (χ1n) is 11.5. The van der Waals surface area contributed by atoms with Crippen LogP contribution in [0.25, 0.3) is 10.9 Å². The van der Waals surface area contributed by atoms with E-state index in [1.165, 1.54) is 13.8 Å². The lowest BCUT2D eigenvalue weighted by atomic mass is 9.87. The van der Waals surface area contributed by atoms with Gasteiger partial charge in [-0.15, -0.1) is 0 Å². The molecule has 8 heteroatoms. The monoisotopic (exact) mass is 473 g/mol. The molecule has 2 aliphatic rings. The molecule has 1 aliphatic heterocycles. The van der Waals surface area contributed by atoms with Crippen LogP contribution in [0.4, 0.5) is 17.6 Å². The van der Waals surface area contributed by atoms with Gasteiger partial charge in [-0.25, -0.2) is 17.6 Å². The Kier molecular flexibility index (Phi) is 5.47. The summed E-state index contributed by atoms with van der Waals surface area (Å²) in [6.07, 6.45) is -0.326. The maximum atomic E-state index is 15.5. The van der Waals surface area contributed by atoms with Gasteiger partial charge in [0.1, 0.15) is 23.5 Å². The van der Waals surface area contributed by atoms with Gasteiger partial charge in [-0.05, 0) is 51.0 Å². The molecule has 180 valence electrons. The summed E-state index contributed by atoms with van der Waals surface area (Å²) in [5.41, 5.74) is 0.357. The van der Waals surface area contributed by atoms with E-state index in [2.05, 4.69) is 10.3 Å². The fourth-order valence-corrected chi connectivity index (χ4v) is 5.04. The SMILES string of the molecule is C[C@@H]1Cc2c([nH]c3ccccc23)[C@@H](c2c(F)cc(C(=O)N[C@@H]3C[C@@H]3F)cc2F)N1CC(C)(C)F. The molecule has 1 amide bonds. The van der Waals surface area contributed by atoms with Crippen molar-refractivity contribution >= 4 is 16.8 Å². The molecule has 4 nitrogen and oxygen atoms in total. The van der Waals surface area contributed by atoms with Gasteiger partial charge in [0.05, 0.1) is 12.1 Å². The topological polar surface area (TPSA) is 48.1 Å². The number of nitrogens with one attached hydrogen (secondary N) is 2. The van der Waals surface area contributed by atoms with E-state index in [1.807, 2.05) is 31.2 Å². The number of hydrogen-bond acceptors (Lipinski definition) is 2. The zero-order valence-corrected chi connectivity index (χ0v) is 19.3. The number of aromatic amines is 1. The standard InChI is InChI=1S/C26H27F4N3O/c1-13-8-16-15-6-4-5-7-20(15)31-23(16)24(33(13)12-26(2,3)30)22-18(28)9-14(10-19(22)29)25(34)32-21-11-17(21)27/h4-7,9-10,13,17,21,24,31H,8,11-12H2,1-3H3,(H,32,34)/t13-,17+,21-,24-/m1/s1. The minimum Gasteiger partial charge on any atom is -0.357 e. The maximum absolute atomic E-state index is 15.5. The number of para-hydroxylation sites is 1. The van der Waals surface area contributed by atoms with Crippen molar-refractivity contribution in [2.24, 2.45) is 0 Å². The van der Waals surface area contributed by atoms with E-state index in [9.17, 15) is 13.6 Å². The predicted octanol–water partition coefficient (Wildman–Crippen LogP) is 5.37.